The summed E-state index contributed by atoms with van der Waals surface area (Å²) in [6.07, 6.45) is 0. The first-order valence-corrected chi connectivity index (χ1v) is 49.2. The highest BCUT2D eigenvalue weighted by atomic mass is 32.1. The molecule has 0 aliphatic heterocycles. The Balaban J connectivity index is 0.0000000986. The molecule has 0 radical (unpaired) electrons. The van der Waals surface area contributed by atoms with Crippen molar-refractivity contribution >= 4 is 240 Å². The molecule has 0 N–H and O–H groups in total. The van der Waals surface area contributed by atoms with Crippen LogP contribution in [0, 0.1) is 0 Å². The van der Waals surface area contributed by atoms with Crippen molar-refractivity contribution in [3.05, 3.63) is 455 Å². The molecule has 14 nitrogen and oxygen atoms in total. The van der Waals surface area contributed by atoms with Gasteiger partial charge in [0.15, 0.2) is 16.7 Å². The predicted molar refractivity (Wildman–Crippen MR) is 592 cm³/mol. The van der Waals surface area contributed by atoms with Crippen molar-refractivity contribution in [3.63, 3.8) is 0 Å². The van der Waals surface area contributed by atoms with Gasteiger partial charge in [-0.1, -0.05) is 273 Å². The Kier molecular flexibility index (Phi) is 17.2. The lowest BCUT2D eigenvalue weighted by atomic mass is 10.1. The van der Waals surface area contributed by atoms with Crippen molar-refractivity contribution < 1.29 is 22.1 Å². The van der Waals surface area contributed by atoms with E-state index in [-0.39, 0.29) is 0 Å². The zero-order chi connectivity index (χ0) is 94.0. The van der Waals surface area contributed by atoms with Gasteiger partial charge in [-0.25, -0.2) is 15.0 Å². The van der Waals surface area contributed by atoms with Crippen LogP contribution in [-0.4, -0.2) is 42.4 Å². The summed E-state index contributed by atoms with van der Waals surface area (Å²) in [5.41, 5.74) is 30.6. The molecule has 0 saturated heterocycles. The lowest BCUT2D eigenvalue weighted by Crippen LogP contribution is -1.97. The second kappa shape index (κ2) is 31.1. The summed E-state index contributed by atoms with van der Waals surface area (Å²) in [5.74, 6) is 2.71. The molecule has 15 heteroatoms. The van der Waals surface area contributed by atoms with E-state index in [1.54, 1.807) is 0 Å². The fourth-order valence-electron chi connectivity index (χ4n) is 22.8. The monoisotopic (exact) mass is 1860 g/mol. The van der Waals surface area contributed by atoms with Crippen molar-refractivity contribution in [1.29, 1.82) is 0 Å². The number of nitrogens with zero attached hydrogens (tertiary/aromatic N) is 9. The van der Waals surface area contributed by atoms with Crippen molar-refractivity contribution in [1.82, 2.24) is 42.4 Å². The van der Waals surface area contributed by atoms with Crippen molar-refractivity contribution in [2.75, 3.05) is 0 Å². The van der Waals surface area contributed by atoms with Crippen LogP contribution in [0.15, 0.2) is 477 Å². The third-order valence-electron chi connectivity index (χ3n) is 29.1. The molecule has 12 aromatic heterocycles. The lowest BCUT2D eigenvalue weighted by molar-refractivity contribution is 0.668. The molecule has 0 atom stereocenters. The second-order valence-corrected chi connectivity index (χ2v) is 38.2. The first kappa shape index (κ1) is 79.7. The van der Waals surface area contributed by atoms with Gasteiger partial charge in [-0.15, -0.1) is 11.3 Å². The molecule has 0 spiro atoms. The van der Waals surface area contributed by atoms with E-state index in [1.807, 2.05) is 65.9 Å². The first-order chi connectivity index (χ1) is 71.4. The second-order valence-electron chi connectivity index (χ2n) is 37.1. The molecule has 12 heterocycles. The Morgan fingerprint density at radius 2 is 0.451 bits per heavy atom. The van der Waals surface area contributed by atoms with E-state index in [9.17, 15) is 0 Å². The maximum Gasteiger partial charge on any atom is 0.160 e. The summed E-state index contributed by atoms with van der Waals surface area (Å²) >= 11 is 1.85. The number of fused-ring (bicyclic) bond motifs is 33. The first-order valence-electron chi connectivity index (χ1n) is 48.4. The Hall–Kier alpha value is -19.4. The van der Waals surface area contributed by atoms with Crippen LogP contribution in [0.25, 0.3) is 297 Å². The van der Waals surface area contributed by atoms with E-state index in [0.717, 1.165) is 255 Å². The van der Waals surface area contributed by atoms with Crippen molar-refractivity contribution in [2.24, 2.45) is 0 Å². The smallest absolute Gasteiger partial charge is 0.160 e. The molecule has 0 bridgehead atoms. The van der Waals surface area contributed by atoms with Crippen LogP contribution in [0.1, 0.15) is 0 Å². The summed E-state index contributed by atoms with van der Waals surface area (Å²) in [6.45, 7) is 0. The molecule has 0 aliphatic rings. The molecule has 33 aromatic rings. The lowest BCUT2D eigenvalue weighted by Gasteiger charge is -2.09. The minimum absolute atomic E-state index is 0.815. The fraction of sp³-hybridized carbons (Fsp3) is 0. The molecule has 0 fully saturated rings. The number of para-hydroxylation sites is 8. The number of hydrogen-bond donors (Lipinski definition) is 0. The average molecular weight is 1860 g/mol. The van der Waals surface area contributed by atoms with Crippen LogP contribution in [-0.2, 0) is 0 Å². The van der Waals surface area contributed by atoms with Crippen LogP contribution in [0.2, 0.25) is 0 Å². The van der Waals surface area contributed by atoms with Crippen molar-refractivity contribution in [3.8, 4) is 68.3 Å². The Bertz CT molecular complexity index is 10400. The maximum absolute atomic E-state index is 6.93. The number of rotatable bonds is 9. The van der Waals surface area contributed by atoms with Gasteiger partial charge >= 0.3 is 0 Å². The Labute approximate surface area is 821 Å². The van der Waals surface area contributed by atoms with Gasteiger partial charge in [0.1, 0.15) is 56.6 Å². The van der Waals surface area contributed by atoms with Crippen LogP contribution in [0.5, 0.6) is 0 Å². The molecule has 33 rings (SSSR count). The summed E-state index contributed by atoms with van der Waals surface area (Å²) in [7, 11) is 0. The third kappa shape index (κ3) is 12.0. The summed E-state index contributed by atoms with van der Waals surface area (Å²) in [6, 6.07) is 160. The van der Waals surface area contributed by atoms with E-state index in [0.29, 0.717) is 0 Å². The van der Waals surface area contributed by atoms with Crippen LogP contribution >= 0.6 is 11.3 Å². The zero-order valence-electron chi connectivity index (χ0n) is 76.8. The predicted octanol–water partition coefficient (Wildman–Crippen LogP) is 35.2. The molecule has 0 saturated carbocycles. The largest absolute Gasteiger partial charge is 0.456 e. The fourth-order valence-corrected chi connectivity index (χ4v) is 23.9. The van der Waals surface area contributed by atoms with Gasteiger partial charge in [-0.05, 0) is 164 Å². The topological polar surface area (TPSA) is 134 Å². The third-order valence-corrected chi connectivity index (χ3v) is 30.3. The normalized spacial score (nSPS) is 12.2. The Morgan fingerprint density at radius 3 is 0.861 bits per heavy atom. The van der Waals surface area contributed by atoms with Gasteiger partial charge in [-0.3, -0.25) is 13.7 Å². The number of imidazole rings is 3. The average Bonchev–Trinajstić information content (AvgIpc) is 1.13. The molecule has 21 aromatic carbocycles. The molecule has 0 amide bonds. The van der Waals surface area contributed by atoms with Gasteiger partial charge in [0.05, 0.1) is 66.2 Å². The highest BCUT2D eigenvalue weighted by Crippen LogP contribution is 2.50. The molecule has 144 heavy (non-hydrogen) atoms. The number of thiophene rings is 1. The molecular weight excluding hydrogens is 1790 g/mol. The minimum Gasteiger partial charge on any atom is -0.456 e. The van der Waals surface area contributed by atoms with Crippen molar-refractivity contribution in [2.45, 2.75) is 0 Å². The summed E-state index contributed by atoms with van der Waals surface area (Å²) < 4.78 is 49.5. The number of hydrogen-bond acceptors (Lipinski definition) is 9. The van der Waals surface area contributed by atoms with Crippen LogP contribution in [0.4, 0.5) is 0 Å². The summed E-state index contributed by atoms with van der Waals surface area (Å²) in [5, 5.41) is 20.4. The number of benzene rings is 21. The van der Waals surface area contributed by atoms with E-state index >= 15 is 0 Å². The molecular formula is C129H75N9O5S. The number of furan rings is 5. The molecule has 0 aliphatic carbocycles. The van der Waals surface area contributed by atoms with E-state index in [4.69, 9.17) is 37.0 Å². The van der Waals surface area contributed by atoms with Crippen LogP contribution < -0.4 is 0 Å². The van der Waals surface area contributed by atoms with Gasteiger partial charge < -0.3 is 35.8 Å². The zero-order valence-corrected chi connectivity index (χ0v) is 77.6. The van der Waals surface area contributed by atoms with Gasteiger partial charge in [0.25, 0.3) is 0 Å². The Morgan fingerprint density at radius 1 is 0.160 bits per heavy atom. The minimum atomic E-state index is 0.815. The molecule has 0 unspecified atom stereocenters. The van der Waals surface area contributed by atoms with E-state index in [1.165, 1.54) is 41.7 Å². The van der Waals surface area contributed by atoms with Gasteiger partial charge in [0, 0.05) is 175 Å². The van der Waals surface area contributed by atoms with Crippen LogP contribution in [0.3, 0.4) is 0 Å². The highest BCUT2D eigenvalue weighted by Gasteiger charge is 2.29. The van der Waals surface area contributed by atoms with E-state index < -0.39 is 0 Å². The van der Waals surface area contributed by atoms with Gasteiger partial charge in [-0.2, -0.15) is 0 Å². The quantitative estimate of drug-likeness (QED) is 0.139. The highest BCUT2D eigenvalue weighted by molar-refractivity contribution is 7.25. The van der Waals surface area contributed by atoms with Gasteiger partial charge in [0.2, 0.25) is 0 Å². The maximum atomic E-state index is 6.93. The van der Waals surface area contributed by atoms with E-state index in [2.05, 4.69) is 428 Å². The standard InChI is InChI=1S/2C43H25N3O2.C43H25N3OS/c1-3-11-26(12-4-1)43-44-35-25-40-34(24-37(35)46(43)27-13-5-2-6-14-27)32-21-20-31-29-15-7-9-17-36(29)45(41(31)42(32)48-40)28-19-22-39-33(23-28)30-16-8-10-18-38(30)47-39;1-3-11-26(12-4-1)43-44-35-24-34-32-21-20-31-29-15-7-9-17-36(29)45(28-19-22-39-33(23-28)30-16-8-10-18-38(30)47-39)41(31)42(32)48-40(34)25-37(35)46(43)27-13-5-2-6-14-27;1-3-11-26(12-4-1)43-44-35-25-38-33(24-37(35)46(43)27-13-5-2-6-14-27)32-21-20-31-29-15-7-9-17-36(29)45(41(31)42(32)47-38)28-19-22-40-34(23-28)30-16-8-10-18-39(30)48-40/h3*1-25H. The molecule has 672 valence electrons. The SMILES string of the molecule is c1ccc(-c2nc3cc4c(cc3n2-c2ccccc2)oc2c4ccc3c4ccccc4n(-c4ccc5oc6ccccc6c5c4)c32)cc1.c1ccc(-c2nc3cc4oc5c(ccc6c7ccccc7n(-c7ccc8oc9ccccc9c8c7)c65)c4cc3n2-c2ccccc2)cc1.c1ccc(-c2nc3cc4oc5c(ccc6c7ccccc7n(-c7ccc8sc9ccccc9c8c7)c65)c4cc3n2-c2ccccc2)cc1. The summed E-state index contributed by atoms with van der Waals surface area (Å²) in [4.78, 5) is 15.6. The number of aromatic nitrogens is 9.